The number of aromatic nitrogens is 1. The topological polar surface area (TPSA) is 108 Å². The molecule has 0 radical (unpaired) electrons. The Balaban J connectivity index is 1.68. The van der Waals surface area contributed by atoms with Crippen molar-refractivity contribution in [3.63, 3.8) is 0 Å². The van der Waals surface area contributed by atoms with E-state index in [-0.39, 0.29) is 11.4 Å². The normalized spacial score (nSPS) is 10.6. The van der Waals surface area contributed by atoms with Crippen molar-refractivity contribution in [3.05, 3.63) is 69.9 Å². The lowest BCUT2D eigenvalue weighted by atomic mass is 10.1. The van der Waals surface area contributed by atoms with Gasteiger partial charge in [-0.05, 0) is 43.7 Å². The van der Waals surface area contributed by atoms with Crippen molar-refractivity contribution < 1.29 is 19.0 Å². The van der Waals surface area contributed by atoms with Crippen LogP contribution in [0.1, 0.15) is 35.8 Å². The number of unbranched alkanes of at least 4 members (excludes halogenated alkanes) is 1. The number of nitrogens with zero attached hydrogens (tertiary/aromatic N) is 2. The van der Waals surface area contributed by atoms with Gasteiger partial charge in [-0.25, -0.2) is 0 Å². The minimum Gasteiger partial charge on any atom is -0.494 e. The van der Waals surface area contributed by atoms with E-state index in [9.17, 15) is 14.9 Å². The van der Waals surface area contributed by atoms with Gasteiger partial charge in [0, 0.05) is 28.9 Å². The van der Waals surface area contributed by atoms with Crippen LogP contribution in [-0.2, 0) is 0 Å². The molecule has 0 aliphatic heterocycles. The Bertz CT molecular complexity index is 1010. The summed E-state index contributed by atoms with van der Waals surface area (Å²) in [6, 6.07) is 13.3. The summed E-state index contributed by atoms with van der Waals surface area (Å²) in [5.41, 5.74) is 1.59. The Morgan fingerprint density at radius 2 is 1.97 bits per heavy atom. The van der Waals surface area contributed by atoms with Crippen LogP contribution in [-0.4, -0.2) is 22.6 Å². The third-order valence-corrected chi connectivity index (χ3v) is 4.31. The molecule has 0 atom stereocenters. The van der Waals surface area contributed by atoms with E-state index in [0.717, 1.165) is 24.2 Å². The molecule has 1 heterocycles. The third kappa shape index (κ3) is 4.98. The summed E-state index contributed by atoms with van der Waals surface area (Å²) in [4.78, 5) is 23.0. The van der Waals surface area contributed by atoms with E-state index < -0.39 is 10.8 Å². The molecule has 0 unspecified atom stereocenters. The number of aryl methyl sites for hydroxylation is 1. The van der Waals surface area contributed by atoms with E-state index in [1.165, 1.54) is 12.1 Å². The number of carbonyl (C=O) groups excluding carboxylic acids is 1. The average molecular weight is 395 g/mol. The summed E-state index contributed by atoms with van der Waals surface area (Å²) in [6.45, 7) is 4.40. The van der Waals surface area contributed by atoms with Crippen molar-refractivity contribution in [3.8, 4) is 17.1 Å². The second-order valence-corrected chi connectivity index (χ2v) is 6.52. The van der Waals surface area contributed by atoms with E-state index in [2.05, 4.69) is 17.4 Å². The number of hydrogen-bond acceptors (Lipinski definition) is 6. The number of nitro groups is 1. The largest absolute Gasteiger partial charge is 0.494 e. The standard InChI is InChI=1S/C21H21N3O5/c1-3-4-11-28-17-9-6-15(7-10-17)20-13-18(23-29-20)21(25)22-16-8-5-14(2)19(12-16)24(26)27/h5-10,12-13H,3-4,11H2,1-2H3,(H,22,25). The number of nitrogens with one attached hydrogen (secondary N) is 1. The van der Waals surface area contributed by atoms with E-state index >= 15 is 0 Å². The Kier molecular flexibility index (Phi) is 6.23. The van der Waals surface area contributed by atoms with E-state index in [4.69, 9.17) is 9.26 Å². The Morgan fingerprint density at radius 3 is 2.66 bits per heavy atom. The zero-order valence-corrected chi connectivity index (χ0v) is 16.2. The second kappa shape index (κ2) is 9.01. The number of rotatable bonds is 8. The SMILES string of the molecule is CCCCOc1ccc(-c2cc(C(=O)Nc3ccc(C)c([N+](=O)[O-])c3)no2)cc1. The number of amides is 1. The molecule has 1 amide bonds. The van der Waals surface area contributed by atoms with Crippen LogP contribution in [0.5, 0.6) is 5.75 Å². The summed E-state index contributed by atoms with van der Waals surface area (Å²) in [5.74, 6) is 0.684. The summed E-state index contributed by atoms with van der Waals surface area (Å²) in [6.07, 6.45) is 2.06. The molecule has 3 aromatic rings. The maximum atomic E-state index is 12.4. The molecule has 29 heavy (non-hydrogen) atoms. The highest BCUT2D eigenvalue weighted by atomic mass is 16.6. The fourth-order valence-electron chi connectivity index (χ4n) is 2.65. The summed E-state index contributed by atoms with van der Waals surface area (Å²) in [7, 11) is 0. The molecule has 0 saturated carbocycles. The molecule has 1 aromatic heterocycles. The second-order valence-electron chi connectivity index (χ2n) is 6.52. The molecule has 1 N–H and O–H groups in total. The average Bonchev–Trinajstić information content (AvgIpc) is 3.20. The van der Waals surface area contributed by atoms with Gasteiger partial charge in [0.1, 0.15) is 5.75 Å². The Hall–Kier alpha value is -3.68. The maximum absolute atomic E-state index is 12.4. The van der Waals surface area contributed by atoms with Gasteiger partial charge in [0.05, 0.1) is 11.5 Å². The van der Waals surface area contributed by atoms with Gasteiger partial charge in [-0.2, -0.15) is 0 Å². The van der Waals surface area contributed by atoms with Crippen LogP contribution in [0.4, 0.5) is 11.4 Å². The zero-order chi connectivity index (χ0) is 20.8. The van der Waals surface area contributed by atoms with Crippen LogP contribution >= 0.6 is 0 Å². The van der Waals surface area contributed by atoms with Crippen molar-refractivity contribution >= 4 is 17.3 Å². The van der Waals surface area contributed by atoms with Gasteiger partial charge >= 0.3 is 0 Å². The number of ether oxygens (including phenoxy) is 1. The molecule has 8 heteroatoms. The first-order valence-corrected chi connectivity index (χ1v) is 9.24. The van der Waals surface area contributed by atoms with Gasteiger partial charge in [-0.1, -0.05) is 24.6 Å². The molecule has 0 aliphatic carbocycles. The molecule has 0 fully saturated rings. The maximum Gasteiger partial charge on any atom is 0.277 e. The fraction of sp³-hybridized carbons (Fsp3) is 0.238. The highest BCUT2D eigenvalue weighted by molar-refractivity contribution is 6.03. The van der Waals surface area contributed by atoms with Crippen LogP contribution in [0.3, 0.4) is 0 Å². The van der Waals surface area contributed by atoms with E-state index in [1.54, 1.807) is 19.1 Å². The molecule has 0 bridgehead atoms. The van der Waals surface area contributed by atoms with Crippen LogP contribution in [0.2, 0.25) is 0 Å². The molecule has 3 rings (SSSR count). The molecular weight excluding hydrogens is 374 g/mol. The smallest absolute Gasteiger partial charge is 0.277 e. The predicted octanol–water partition coefficient (Wildman–Crippen LogP) is 4.99. The van der Waals surface area contributed by atoms with Crippen LogP contribution in [0.25, 0.3) is 11.3 Å². The van der Waals surface area contributed by atoms with Crippen LogP contribution < -0.4 is 10.1 Å². The molecule has 0 saturated heterocycles. The lowest BCUT2D eigenvalue weighted by Gasteiger charge is -2.05. The zero-order valence-electron chi connectivity index (χ0n) is 16.2. The number of hydrogen-bond donors (Lipinski definition) is 1. The summed E-state index contributed by atoms with van der Waals surface area (Å²) in [5, 5.41) is 17.4. The first kappa shape index (κ1) is 20.1. The van der Waals surface area contributed by atoms with Gasteiger partial charge in [0.15, 0.2) is 11.5 Å². The summed E-state index contributed by atoms with van der Waals surface area (Å²) >= 11 is 0. The van der Waals surface area contributed by atoms with Gasteiger partial charge in [-0.3, -0.25) is 14.9 Å². The quantitative estimate of drug-likeness (QED) is 0.327. The number of benzene rings is 2. The fourth-order valence-corrected chi connectivity index (χ4v) is 2.65. The van der Waals surface area contributed by atoms with Crippen LogP contribution in [0, 0.1) is 17.0 Å². The van der Waals surface area contributed by atoms with Crippen molar-refractivity contribution in [2.45, 2.75) is 26.7 Å². The molecule has 0 spiro atoms. The van der Waals surface area contributed by atoms with Crippen molar-refractivity contribution in [2.75, 3.05) is 11.9 Å². The van der Waals surface area contributed by atoms with Crippen molar-refractivity contribution in [1.29, 1.82) is 0 Å². The third-order valence-electron chi connectivity index (χ3n) is 4.31. The van der Waals surface area contributed by atoms with Gasteiger partial charge in [0.25, 0.3) is 11.6 Å². The van der Waals surface area contributed by atoms with Gasteiger partial charge in [-0.15, -0.1) is 0 Å². The molecule has 150 valence electrons. The lowest BCUT2D eigenvalue weighted by molar-refractivity contribution is -0.385. The number of nitro benzene ring substituents is 1. The predicted molar refractivity (Wildman–Crippen MR) is 108 cm³/mol. The van der Waals surface area contributed by atoms with Crippen molar-refractivity contribution in [2.24, 2.45) is 0 Å². The highest BCUT2D eigenvalue weighted by Gasteiger charge is 2.16. The monoisotopic (exact) mass is 395 g/mol. The number of anilines is 1. The number of carbonyl (C=O) groups is 1. The van der Waals surface area contributed by atoms with Gasteiger partial charge < -0.3 is 14.6 Å². The molecule has 2 aromatic carbocycles. The van der Waals surface area contributed by atoms with E-state index in [1.807, 2.05) is 24.3 Å². The van der Waals surface area contributed by atoms with Crippen molar-refractivity contribution in [1.82, 2.24) is 5.16 Å². The highest BCUT2D eigenvalue weighted by Crippen LogP contribution is 2.25. The van der Waals surface area contributed by atoms with Crippen LogP contribution in [0.15, 0.2) is 53.1 Å². The van der Waals surface area contributed by atoms with E-state index in [0.29, 0.717) is 23.6 Å². The molecular formula is C21H21N3O5. The first-order valence-electron chi connectivity index (χ1n) is 9.24. The summed E-state index contributed by atoms with van der Waals surface area (Å²) < 4.78 is 10.9. The Morgan fingerprint density at radius 1 is 1.21 bits per heavy atom. The minimum absolute atomic E-state index is 0.0649. The van der Waals surface area contributed by atoms with Gasteiger partial charge in [0.2, 0.25) is 0 Å². The molecule has 8 nitrogen and oxygen atoms in total. The Labute approximate surface area is 167 Å². The molecule has 0 aliphatic rings. The first-order chi connectivity index (χ1) is 14.0. The lowest BCUT2D eigenvalue weighted by Crippen LogP contribution is -2.12. The minimum atomic E-state index is -0.516.